The van der Waals surface area contributed by atoms with Gasteiger partial charge in [0.25, 0.3) is 0 Å². The molecule has 0 radical (unpaired) electrons. The Labute approximate surface area is 168 Å². The van der Waals surface area contributed by atoms with Gasteiger partial charge in [0.15, 0.2) is 0 Å². The highest BCUT2D eigenvalue weighted by Crippen LogP contribution is 2.33. The summed E-state index contributed by atoms with van der Waals surface area (Å²) in [6, 6.07) is 9.36. The monoisotopic (exact) mass is 403 g/mol. The zero-order valence-electron chi connectivity index (χ0n) is 16.7. The number of carbonyl (C=O) groups excluding carboxylic acids is 1. The summed E-state index contributed by atoms with van der Waals surface area (Å²) >= 11 is 0. The van der Waals surface area contributed by atoms with Crippen molar-refractivity contribution in [3.63, 3.8) is 0 Å². The van der Waals surface area contributed by atoms with Crippen LogP contribution in [0.3, 0.4) is 0 Å². The van der Waals surface area contributed by atoms with Gasteiger partial charge in [-0.1, -0.05) is 31.4 Å². The van der Waals surface area contributed by atoms with Gasteiger partial charge < -0.3 is 4.90 Å². The zero-order chi connectivity index (χ0) is 20.4. The van der Waals surface area contributed by atoms with Gasteiger partial charge in [0.1, 0.15) is 5.41 Å². The molecule has 152 valence electrons. The second-order valence-corrected chi connectivity index (χ2v) is 10.3. The van der Waals surface area contributed by atoms with Crippen LogP contribution in [0.25, 0.3) is 0 Å². The first-order valence-corrected chi connectivity index (χ1v) is 11.5. The Hall–Kier alpha value is -1.91. The largest absolute Gasteiger partial charge is 0.339 e. The minimum atomic E-state index is -3.57. The number of carbonyl (C=O) groups is 1. The van der Waals surface area contributed by atoms with Crippen LogP contribution in [0.2, 0.25) is 0 Å². The summed E-state index contributed by atoms with van der Waals surface area (Å²) in [6.07, 6.45) is 6.15. The third-order valence-corrected chi connectivity index (χ3v) is 7.85. The summed E-state index contributed by atoms with van der Waals surface area (Å²) in [4.78, 5) is 14.3. The van der Waals surface area contributed by atoms with Crippen LogP contribution in [-0.4, -0.2) is 49.7 Å². The van der Waals surface area contributed by atoms with E-state index < -0.39 is 15.4 Å². The SMILES string of the molecule is CC(C)(C#N)C(=O)N1CCN(S(=O)(=O)c2ccc(C3CCCCC3)cc2)CC1. The molecule has 0 aromatic heterocycles. The fourth-order valence-corrected chi connectivity index (χ4v) is 5.49. The van der Waals surface area contributed by atoms with Gasteiger partial charge in [0.2, 0.25) is 15.9 Å². The van der Waals surface area contributed by atoms with E-state index in [1.165, 1.54) is 42.0 Å². The number of nitrogens with zero attached hydrogens (tertiary/aromatic N) is 3. The van der Waals surface area contributed by atoms with Gasteiger partial charge in [-0.25, -0.2) is 8.42 Å². The second-order valence-electron chi connectivity index (χ2n) is 8.34. The van der Waals surface area contributed by atoms with Crippen LogP contribution in [0.5, 0.6) is 0 Å². The van der Waals surface area contributed by atoms with E-state index in [9.17, 15) is 13.2 Å². The molecule has 1 saturated heterocycles. The number of hydrogen-bond acceptors (Lipinski definition) is 4. The predicted molar refractivity (Wildman–Crippen MR) is 107 cm³/mol. The molecule has 0 unspecified atom stereocenters. The minimum Gasteiger partial charge on any atom is -0.339 e. The average molecular weight is 404 g/mol. The van der Waals surface area contributed by atoms with E-state index in [1.807, 2.05) is 18.2 Å². The third kappa shape index (κ3) is 4.23. The molecule has 6 nitrogen and oxygen atoms in total. The van der Waals surface area contributed by atoms with Crippen LogP contribution in [-0.2, 0) is 14.8 Å². The Bertz CT molecular complexity index is 842. The number of amides is 1. The molecule has 0 spiro atoms. The van der Waals surface area contributed by atoms with Crippen molar-refractivity contribution in [3.05, 3.63) is 29.8 Å². The van der Waals surface area contributed by atoms with E-state index in [0.29, 0.717) is 23.9 Å². The van der Waals surface area contributed by atoms with Crippen LogP contribution < -0.4 is 0 Å². The second kappa shape index (κ2) is 8.22. The lowest BCUT2D eigenvalue weighted by molar-refractivity contribution is -0.138. The first-order chi connectivity index (χ1) is 13.3. The molecule has 28 heavy (non-hydrogen) atoms. The number of hydrogen-bond donors (Lipinski definition) is 0. The van der Waals surface area contributed by atoms with Crippen molar-refractivity contribution >= 4 is 15.9 Å². The lowest BCUT2D eigenvalue weighted by Gasteiger charge is -2.36. The van der Waals surface area contributed by atoms with Crippen molar-refractivity contribution in [1.82, 2.24) is 9.21 Å². The quantitative estimate of drug-likeness (QED) is 0.773. The summed E-state index contributed by atoms with van der Waals surface area (Å²) in [5, 5.41) is 9.14. The number of benzene rings is 1. The molecule has 1 aliphatic heterocycles. The number of sulfonamides is 1. The highest BCUT2D eigenvalue weighted by atomic mass is 32.2. The molecule has 7 heteroatoms. The van der Waals surface area contributed by atoms with Crippen molar-refractivity contribution in [3.8, 4) is 6.07 Å². The number of nitriles is 1. The Morgan fingerprint density at radius 3 is 2.14 bits per heavy atom. The molecule has 0 atom stereocenters. The van der Waals surface area contributed by atoms with E-state index in [-0.39, 0.29) is 19.0 Å². The summed E-state index contributed by atoms with van der Waals surface area (Å²) in [5.41, 5.74) is 0.142. The van der Waals surface area contributed by atoms with Crippen LogP contribution >= 0.6 is 0 Å². The van der Waals surface area contributed by atoms with E-state index >= 15 is 0 Å². The molecule has 1 aliphatic carbocycles. The van der Waals surface area contributed by atoms with Crippen LogP contribution in [0.4, 0.5) is 0 Å². The standard InChI is InChI=1S/C21H29N3O3S/c1-21(2,16-22)20(25)23-12-14-24(15-13-23)28(26,27)19-10-8-18(9-11-19)17-6-4-3-5-7-17/h8-11,17H,3-7,12-15H2,1-2H3. The van der Waals surface area contributed by atoms with Crippen LogP contribution in [0.1, 0.15) is 57.4 Å². The van der Waals surface area contributed by atoms with Crippen molar-refractivity contribution in [2.45, 2.75) is 56.8 Å². The fraction of sp³-hybridized carbons (Fsp3) is 0.619. The molecule has 1 amide bonds. The van der Waals surface area contributed by atoms with E-state index in [4.69, 9.17) is 5.26 Å². The summed E-state index contributed by atoms with van der Waals surface area (Å²) in [7, 11) is -3.57. The van der Waals surface area contributed by atoms with Gasteiger partial charge in [-0.3, -0.25) is 4.79 Å². The maximum atomic E-state index is 13.0. The van der Waals surface area contributed by atoms with Crippen molar-refractivity contribution in [2.75, 3.05) is 26.2 Å². The first kappa shape index (κ1) is 20.8. The molecule has 1 saturated carbocycles. The summed E-state index contributed by atoms with van der Waals surface area (Å²) in [6.45, 7) is 4.30. The molecule has 2 aliphatic rings. The molecular weight excluding hydrogens is 374 g/mol. The first-order valence-electron chi connectivity index (χ1n) is 10.1. The van der Waals surface area contributed by atoms with Gasteiger partial charge >= 0.3 is 0 Å². The molecule has 1 heterocycles. The average Bonchev–Trinajstić information content (AvgIpc) is 2.74. The molecule has 1 aromatic rings. The maximum Gasteiger partial charge on any atom is 0.243 e. The van der Waals surface area contributed by atoms with Crippen LogP contribution in [0.15, 0.2) is 29.2 Å². The molecule has 2 fully saturated rings. The topological polar surface area (TPSA) is 81.5 Å². The smallest absolute Gasteiger partial charge is 0.243 e. The van der Waals surface area contributed by atoms with E-state index in [1.54, 1.807) is 30.9 Å². The number of rotatable bonds is 4. The fourth-order valence-electron chi connectivity index (χ4n) is 4.07. The third-order valence-electron chi connectivity index (χ3n) is 5.93. The van der Waals surface area contributed by atoms with E-state index in [0.717, 1.165) is 0 Å². The normalized spacial score (nSPS) is 20.0. The molecule has 3 rings (SSSR count). The van der Waals surface area contributed by atoms with Gasteiger partial charge in [-0.05, 0) is 50.3 Å². The molecule has 0 bridgehead atoms. The van der Waals surface area contributed by atoms with Gasteiger partial charge in [0.05, 0.1) is 11.0 Å². The molecular formula is C21H29N3O3S. The lowest BCUT2D eigenvalue weighted by atomic mass is 9.84. The van der Waals surface area contributed by atoms with Crippen molar-refractivity contribution in [2.24, 2.45) is 5.41 Å². The van der Waals surface area contributed by atoms with Gasteiger partial charge in [-0.15, -0.1) is 0 Å². The molecule has 1 aromatic carbocycles. The highest BCUT2D eigenvalue weighted by Gasteiger charge is 2.36. The highest BCUT2D eigenvalue weighted by molar-refractivity contribution is 7.89. The summed E-state index contributed by atoms with van der Waals surface area (Å²) in [5.74, 6) is 0.299. The van der Waals surface area contributed by atoms with Crippen molar-refractivity contribution < 1.29 is 13.2 Å². The van der Waals surface area contributed by atoms with E-state index in [2.05, 4.69) is 0 Å². The lowest BCUT2D eigenvalue weighted by Crippen LogP contribution is -2.53. The minimum absolute atomic E-state index is 0.246. The van der Waals surface area contributed by atoms with Crippen molar-refractivity contribution in [1.29, 1.82) is 5.26 Å². The van der Waals surface area contributed by atoms with Gasteiger partial charge in [-0.2, -0.15) is 9.57 Å². The Kier molecular flexibility index (Phi) is 6.11. The zero-order valence-corrected chi connectivity index (χ0v) is 17.5. The summed E-state index contributed by atoms with van der Waals surface area (Å²) < 4.78 is 27.4. The Morgan fingerprint density at radius 1 is 1.04 bits per heavy atom. The molecule has 0 N–H and O–H groups in total. The van der Waals surface area contributed by atoms with Crippen LogP contribution in [0, 0.1) is 16.7 Å². The Morgan fingerprint density at radius 2 is 1.61 bits per heavy atom. The predicted octanol–water partition coefficient (Wildman–Crippen LogP) is 3.12. The number of piperazine rings is 1. The Balaban J connectivity index is 1.65. The maximum absolute atomic E-state index is 13.0. The van der Waals surface area contributed by atoms with Gasteiger partial charge in [0, 0.05) is 26.2 Å².